The molecule has 2 aromatic carbocycles. The van der Waals surface area contributed by atoms with Crippen molar-refractivity contribution in [1.82, 2.24) is 0 Å². The smallest absolute Gasteiger partial charge is 0.265 e. The van der Waals surface area contributed by atoms with E-state index in [9.17, 15) is 9.59 Å². The summed E-state index contributed by atoms with van der Waals surface area (Å²) in [6, 6.07) is 16.5. The van der Waals surface area contributed by atoms with E-state index in [4.69, 9.17) is 0 Å². The third-order valence-electron chi connectivity index (χ3n) is 3.70. The van der Waals surface area contributed by atoms with E-state index >= 15 is 0 Å². The fourth-order valence-electron chi connectivity index (χ4n) is 2.44. The van der Waals surface area contributed by atoms with Crippen LogP contribution in [0.4, 0.5) is 11.4 Å². The molecular formula is C20H18N2O2S. The third kappa shape index (κ3) is 4.14. The molecule has 0 fully saturated rings. The van der Waals surface area contributed by atoms with Gasteiger partial charge in [-0.15, -0.1) is 11.3 Å². The number of benzene rings is 2. The van der Waals surface area contributed by atoms with Gasteiger partial charge in [-0.1, -0.05) is 29.8 Å². The number of carbonyl (C=O) groups excluding carboxylic acids is 2. The first-order valence-corrected chi connectivity index (χ1v) is 8.74. The summed E-state index contributed by atoms with van der Waals surface area (Å²) < 4.78 is 0. The molecule has 0 bridgehead atoms. The Kier molecular flexibility index (Phi) is 4.95. The van der Waals surface area contributed by atoms with Crippen molar-refractivity contribution in [2.45, 2.75) is 13.8 Å². The van der Waals surface area contributed by atoms with Gasteiger partial charge in [-0.2, -0.15) is 0 Å². The lowest BCUT2D eigenvalue weighted by molar-refractivity contribution is 0.101. The predicted molar refractivity (Wildman–Crippen MR) is 103 cm³/mol. The topological polar surface area (TPSA) is 58.2 Å². The second kappa shape index (κ2) is 7.32. The number of aryl methyl sites for hydroxylation is 2. The Bertz CT molecular complexity index is 917. The second-order valence-corrected chi connectivity index (χ2v) is 6.75. The summed E-state index contributed by atoms with van der Waals surface area (Å²) in [6.45, 7) is 3.88. The SMILES string of the molecule is Cc1cccc(C(=O)Nc2cc(C)ccc2NC(=O)c2cccs2)c1. The van der Waals surface area contributed by atoms with Crippen LogP contribution in [0.15, 0.2) is 60.0 Å². The average Bonchev–Trinajstić information content (AvgIpc) is 3.12. The Balaban J connectivity index is 1.84. The molecule has 4 nitrogen and oxygen atoms in total. The van der Waals surface area contributed by atoms with Crippen molar-refractivity contribution in [2.75, 3.05) is 10.6 Å². The highest BCUT2D eigenvalue weighted by Gasteiger charge is 2.13. The van der Waals surface area contributed by atoms with E-state index in [0.29, 0.717) is 21.8 Å². The molecule has 2 amide bonds. The highest BCUT2D eigenvalue weighted by atomic mass is 32.1. The van der Waals surface area contributed by atoms with Gasteiger partial charge < -0.3 is 10.6 Å². The predicted octanol–water partition coefficient (Wildman–Crippen LogP) is 4.87. The summed E-state index contributed by atoms with van der Waals surface area (Å²) in [6.07, 6.45) is 0. The molecule has 2 N–H and O–H groups in total. The normalized spacial score (nSPS) is 10.3. The van der Waals surface area contributed by atoms with E-state index in [-0.39, 0.29) is 11.8 Å². The van der Waals surface area contributed by atoms with Crippen molar-refractivity contribution in [3.8, 4) is 0 Å². The first-order valence-electron chi connectivity index (χ1n) is 7.86. The fraction of sp³-hybridized carbons (Fsp3) is 0.100. The van der Waals surface area contributed by atoms with Gasteiger partial charge in [-0.05, 0) is 55.1 Å². The lowest BCUT2D eigenvalue weighted by atomic mass is 10.1. The van der Waals surface area contributed by atoms with Crippen LogP contribution in [-0.4, -0.2) is 11.8 Å². The molecule has 0 spiro atoms. The molecule has 126 valence electrons. The van der Waals surface area contributed by atoms with Gasteiger partial charge in [-0.3, -0.25) is 9.59 Å². The van der Waals surface area contributed by atoms with E-state index in [1.54, 1.807) is 18.2 Å². The Labute approximate surface area is 150 Å². The van der Waals surface area contributed by atoms with Crippen molar-refractivity contribution in [2.24, 2.45) is 0 Å². The largest absolute Gasteiger partial charge is 0.320 e. The molecule has 0 radical (unpaired) electrons. The summed E-state index contributed by atoms with van der Waals surface area (Å²) in [4.78, 5) is 25.4. The van der Waals surface area contributed by atoms with Gasteiger partial charge in [0.05, 0.1) is 16.3 Å². The zero-order valence-electron chi connectivity index (χ0n) is 14.0. The number of carbonyl (C=O) groups is 2. The van der Waals surface area contributed by atoms with Crippen molar-refractivity contribution in [1.29, 1.82) is 0 Å². The summed E-state index contributed by atoms with van der Waals surface area (Å²) in [5, 5.41) is 7.61. The molecule has 0 aliphatic carbocycles. The molecule has 1 aromatic heterocycles. The van der Waals surface area contributed by atoms with Crippen molar-refractivity contribution in [3.63, 3.8) is 0 Å². The molecule has 3 aromatic rings. The Morgan fingerprint density at radius 3 is 2.28 bits per heavy atom. The molecule has 5 heteroatoms. The number of thiophene rings is 1. The molecule has 1 heterocycles. The van der Waals surface area contributed by atoms with Crippen molar-refractivity contribution < 1.29 is 9.59 Å². The van der Waals surface area contributed by atoms with Crippen LogP contribution < -0.4 is 10.6 Å². The van der Waals surface area contributed by atoms with E-state index in [2.05, 4.69) is 10.6 Å². The number of anilines is 2. The van der Waals surface area contributed by atoms with Gasteiger partial charge in [0, 0.05) is 5.56 Å². The standard InChI is InChI=1S/C20H18N2O2S/c1-13-5-3-6-15(11-13)19(23)22-17-12-14(2)8-9-16(17)21-20(24)18-7-4-10-25-18/h3-12H,1-2H3,(H,21,24)(H,22,23). The summed E-state index contributed by atoms with van der Waals surface area (Å²) in [5.74, 6) is -0.397. The minimum Gasteiger partial charge on any atom is -0.320 e. The van der Waals surface area contributed by atoms with Gasteiger partial charge in [0.1, 0.15) is 0 Å². The lowest BCUT2D eigenvalue weighted by Crippen LogP contribution is -2.16. The van der Waals surface area contributed by atoms with Gasteiger partial charge >= 0.3 is 0 Å². The van der Waals surface area contributed by atoms with Crippen LogP contribution in [0.5, 0.6) is 0 Å². The maximum absolute atomic E-state index is 12.5. The van der Waals surface area contributed by atoms with Crippen LogP contribution in [0.2, 0.25) is 0 Å². The van der Waals surface area contributed by atoms with E-state index in [0.717, 1.165) is 11.1 Å². The summed E-state index contributed by atoms with van der Waals surface area (Å²) in [7, 11) is 0. The van der Waals surface area contributed by atoms with Crippen LogP contribution in [0.3, 0.4) is 0 Å². The number of rotatable bonds is 4. The van der Waals surface area contributed by atoms with Crippen LogP contribution in [0.25, 0.3) is 0 Å². The van der Waals surface area contributed by atoms with E-state index in [1.165, 1.54) is 11.3 Å². The monoisotopic (exact) mass is 350 g/mol. The lowest BCUT2D eigenvalue weighted by Gasteiger charge is -2.13. The first-order chi connectivity index (χ1) is 12.0. The maximum Gasteiger partial charge on any atom is 0.265 e. The van der Waals surface area contributed by atoms with Crippen LogP contribution in [-0.2, 0) is 0 Å². The number of hydrogen-bond donors (Lipinski definition) is 2. The first kappa shape index (κ1) is 16.9. The van der Waals surface area contributed by atoms with Crippen molar-refractivity contribution in [3.05, 3.63) is 81.5 Å². The van der Waals surface area contributed by atoms with Crippen LogP contribution in [0.1, 0.15) is 31.2 Å². The van der Waals surface area contributed by atoms with Crippen LogP contribution in [0, 0.1) is 13.8 Å². The molecule has 3 rings (SSSR count). The maximum atomic E-state index is 12.5. The summed E-state index contributed by atoms with van der Waals surface area (Å²) in [5.41, 5.74) is 3.75. The van der Waals surface area contributed by atoms with Gasteiger partial charge in [-0.25, -0.2) is 0 Å². The average molecular weight is 350 g/mol. The fourth-order valence-corrected chi connectivity index (χ4v) is 3.06. The van der Waals surface area contributed by atoms with Gasteiger partial charge in [0.2, 0.25) is 0 Å². The highest BCUT2D eigenvalue weighted by Crippen LogP contribution is 2.25. The van der Waals surface area contributed by atoms with E-state index in [1.807, 2.05) is 55.6 Å². The molecule has 0 aliphatic rings. The third-order valence-corrected chi connectivity index (χ3v) is 4.57. The highest BCUT2D eigenvalue weighted by molar-refractivity contribution is 7.12. The molecule has 25 heavy (non-hydrogen) atoms. The molecule has 0 unspecified atom stereocenters. The van der Waals surface area contributed by atoms with Gasteiger partial charge in [0.25, 0.3) is 11.8 Å². The molecule has 0 saturated heterocycles. The number of hydrogen-bond acceptors (Lipinski definition) is 3. The van der Waals surface area contributed by atoms with E-state index < -0.39 is 0 Å². The summed E-state index contributed by atoms with van der Waals surface area (Å²) >= 11 is 1.37. The number of nitrogens with one attached hydrogen (secondary N) is 2. The van der Waals surface area contributed by atoms with Crippen LogP contribution >= 0.6 is 11.3 Å². The molecule has 0 aliphatic heterocycles. The Morgan fingerprint density at radius 1 is 0.800 bits per heavy atom. The Morgan fingerprint density at radius 2 is 1.56 bits per heavy atom. The Hall–Kier alpha value is -2.92. The minimum atomic E-state index is -0.207. The van der Waals surface area contributed by atoms with Crippen molar-refractivity contribution >= 4 is 34.5 Å². The second-order valence-electron chi connectivity index (χ2n) is 5.80. The number of amides is 2. The van der Waals surface area contributed by atoms with Gasteiger partial charge in [0.15, 0.2) is 0 Å². The minimum absolute atomic E-state index is 0.190. The molecule has 0 saturated carbocycles. The molecule has 0 atom stereocenters. The quantitative estimate of drug-likeness (QED) is 0.705. The zero-order valence-corrected chi connectivity index (χ0v) is 14.8. The zero-order chi connectivity index (χ0) is 17.8. The molecular weight excluding hydrogens is 332 g/mol.